The largest absolute Gasteiger partial charge is 0.326 e. The number of nitrogens with two attached hydrogens (primary N) is 1. The van der Waals surface area contributed by atoms with Gasteiger partial charge in [-0.05, 0) is 29.7 Å². The minimum Gasteiger partial charge on any atom is -0.326 e. The molecule has 1 fully saturated rings. The topological polar surface area (TPSA) is 53.1 Å². The van der Waals surface area contributed by atoms with Crippen LogP contribution in [0.5, 0.6) is 0 Å². The van der Waals surface area contributed by atoms with Gasteiger partial charge in [-0.1, -0.05) is 32.0 Å². The first-order valence-corrected chi connectivity index (χ1v) is 8.51. The zero-order valence-corrected chi connectivity index (χ0v) is 13.0. The lowest BCUT2D eigenvalue weighted by Gasteiger charge is -2.35. The molecule has 1 saturated heterocycles. The summed E-state index contributed by atoms with van der Waals surface area (Å²) in [5.41, 5.74) is 9.79. The molecule has 4 heteroatoms. The van der Waals surface area contributed by atoms with E-state index in [0.29, 0.717) is 18.5 Å². The summed E-state index contributed by atoms with van der Waals surface area (Å²) < 4.78 is 8.09. The predicted molar refractivity (Wildman–Crippen MR) is 83.6 cm³/mol. The minimum absolute atomic E-state index is 0.194. The van der Waals surface area contributed by atoms with E-state index in [0.717, 1.165) is 18.1 Å². The van der Waals surface area contributed by atoms with Crippen LogP contribution in [0.2, 0.25) is 0 Å². The summed E-state index contributed by atoms with van der Waals surface area (Å²) in [7, 11) is 1.99. The van der Waals surface area contributed by atoms with Gasteiger partial charge in [0.25, 0.3) is 0 Å². The Morgan fingerprint density at radius 2 is 2.21 bits per heavy atom. The highest BCUT2D eigenvalue weighted by Gasteiger charge is 2.26. The van der Waals surface area contributed by atoms with Crippen molar-refractivity contribution >= 4 is 10.7 Å². The van der Waals surface area contributed by atoms with Crippen LogP contribution in [0.3, 0.4) is 0 Å². The molecular weight excluding hydrogens is 254 g/mol. The maximum Gasteiger partial charge on any atom is 0.0447 e. The van der Waals surface area contributed by atoms with Gasteiger partial charge in [0.15, 0.2) is 0 Å². The quantitative estimate of drug-likeness (QED) is 0.893. The van der Waals surface area contributed by atoms with Crippen molar-refractivity contribution in [1.82, 2.24) is 4.90 Å². The predicted octanol–water partition coefficient (Wildman–Crippen LogP) is 2.64. The van der Waals surface area contributed by atoms with Crippen LogP contribution < -0.4 is 5.73 Å². The Morgan fingerprint density at radius 3 is 2.84 bits per heavy atom. The van der Waals surface area contributed by atoms with E-state index < -0.39 is 0 Å². The van der Waals surface area contributed by atoms with Gasteiger partial charge in [-0.3, -0.25) is 9.68 Å². The van der Waals surface area contributed by atoms with E-state index in [1.165, 1.54) is 16.7 Å². The Morgan fingerprint density at radius 1 is 1.47 bits per heavy atom. The molecule has 3 N–H and O–H groups in total. The van der Waals surface area contributed by atoms with Crippen LogP contribution in [-0.2, 0) is 17.2 Å². The van der Waals surface area contributed by atoms with Gasteiger partial charge >= 0.3 is 0 Å². The van der Waals surface area contributed by atoms with Crippen LogP contribution in [-0.4, -0.2) is 30.0 Å². The molecule has 0 saturated carbocycles. The van der Waals surface area contributed by atoms with Crippen molar-refractivity contribution in [2.24, 2.45) is 5.73 Å². The van der Waals surface area contributed by atoms with Crippen molar-refractivity contribution in [3.63, 3.8) is 0 Å². The minimum atomic E-state index is -0.194. The lowest BCUT2D eigenvalue weighted by Crippen LogP contribution is -2.38. The van der Waals surface area contributed by atoms with Crippen LogP contribution in [0.15, 0.2) is 18.2 Å². The van der Waals surface area contributed by atoms with Crippen LogP contribution in [0.4, 0.5) is 0 Å². The smallest absolute Gasteiger partial charge is 0.0447 e. The molecule has 1 heterocycles. The summed E-state index contributed by atoms with van der Waals surface area (Å²) in [4.78, 5) is 2.40. The van der Waals surface area contributed by atoms with Gasteiger partial charge in [0.2, 0.25) is 0 Å². The second kappa shape index (κ2) is 6.16. The fourth-order valence-corrected chi connectivity index (χ4v) is 4.19. The molecule has 0 radical (unpaired) electrons. The molecule has 2 unspecified atom stereocenters. The summed E-state index contributed by atoms with van der Waals surface area (Å²) in [6, 6.07) is 7.02. The summed E-state index contributed by atoms with van der Waals surface area (Å²) in [6.45, 7) is 6.10. The van der Waals surface area contributed by atoms with Crippen molar-refractivity contribution in [2.45, 2.75) is 32.4 Å². The fourth-order valence-electron chi connectivity index (χ4n) is 2.70. The van der Waals surface area contributed by atoms with Gasteiger partial charge in [0, 0.05) is 30.6 Å². The number of hydrogen-bond donors (Lipinski definition) is 2. The van der Waals surface area contributed by atoms with Crippen molar-refractivity contribution < 1.29 is 0 Å². The number of nitrogens with one attached hydrogen (secondary N) is 1. The zero-order valence-electron chi connectivity index (χ0n) is 12.1. The molecule has 19 heavy (non-hydrogen) atoms. The summed E-state index contributed by atoms with van der Waals surface area (Å²) >= 11 is 0. The van der Waals surface area contributed by atoms with E-state index in [4.69, 9.17) is 10.5 Å². The first-order chi connectivity index (χ1) is 9.02. The molecule has 0 amide bonds. The van der Waals surface area contributed by atoms with Gasteiger partial charge < -0.3 is 5.73 Å². The van der Waals surface area contributed by atoms with Crippen molar-refractivity contribution in [3.8, 4) is 0 Å². The highest BCUT2D eigenvalue weighted by atomic mass is 32.2. The molecule has 0 spiro atoms. The fraction of sp³-hybridized carbons (Fsp3) is 0.600. The van der Waals surface area contributed by atoms with Gasteiger partial charge in [-0.15, -0.1) is 10.7 Å². The maximum absolute atomic E-state index is 8.09. The van der Waals surface area contributed by atoms with Gasteiger partial charge in [-0.25, -0.2) is 0 Å². The van der Waals surface area contributed by atoms with E-state index in [-0.39, 0.29) is 10.7 Å². The Kier molecular flexibility index (Phi) is 4.76. The van der Waals surface area contributed by atoms with Gasteiger partial charge in [0.05, 0.1) is 0 Å². The van der Waals surface area contributed by atoms with Crippen molar-refractivity contribution in [2.75, 3.05) is 25.1 Å². The normalized spacial score (nSPS) is 24.9. The maximum atomic E-state index is 8.09. The van der Waals surface area contributed by atoms with Gasteiger partial charge in [0.1, 0.15) is 0 Å². The third-order valence-electron chi connectivity index (χ3n) is 3.95. The standard InChI is InChI=1S/C15H25N3S/c1-11(2)13-5-4-12(9-16)8-14(13)15-10-19(17)7-6-18(15)3/h4-5,8,11,15,17H,6-7,9-10,16H2,1-3H3. The van der Waals surface area contributed by atoms with Crippen LogP contribution >= 0.6 is 0 Å². The summed E-state index contributed by atoms with van der Waals surface area (Å²) in [5.74, 6) is 2.50. The second-order valence-corrected chi connectivity index (χ2v) is 7.41. The molecule has 2 atom stereocenters. The van der Waals surface area contributed by atoms with Crippen LogP contribution in [0.25, 0.3) is 0 Å². The molecule has 0 aromatic heterocycles. The lowest BCUT2D eigenvalue weighted by molar-refractivity contribution is 0.271. The third kappa shape index (κ3) is 3.25. The van der Waals surface area contributed by atoms with Crippen molar-refractivity contribution in [3.05, 3.63) is 34.9 Å². The van der Waals surface area contributed by atoms with Crippen LogP contribution in [0.1, 0.15) is 42.5 Å². The van der Waals surface area contributed by atoms with E-state index in [1.54, 1.807) is 0 Å². The number of benzene rings is 1. The average molecular weight is 279 g/mol. The molecule has 1 aliphatic heterocycles. The molecule has 1 aromatic rings. The first-order valence-electron chi connectivity index (χ1n) is 6.94. The monoisotopic (exact) mass is 279 g/mol. The van der Waals surface area contributed by atoms with E-state index in [2.05, 4.69) is 44.0 Å². The highest BCUT2D eigenvalue weighted by molar-refractivity contribution is 7.86. The molecule has 0 bridgehead atoms. The van der Waals surface area contributed by atoms with Crippen LogP contribution in [0, 0.1) is 4.78 Å². The Labute approximate surface area is 119 Å². The van der Waals surface area contributed by atoms with E-state index in [9.17, 15) is 0 Å². The number of nitrogens with zero attached hydrogens (tertiary/aromatic N) is 1. The number of rotatable bonds is 3. The molecule has 1 aliphatic rings. The Bertz CT molecular complexity index is 470. The summed E-state index contributed by atoms with van der Waals surface area (Å²) in [6.07, 6.45) is 0. The second-order valence-electron chi connectivity index (χ2n) is 5.68. The summed E-state index contributed by atoms with van der Waals surface area (Å²) in [5, 5.41) is 0. The number of hydrogen-bond acceptors (Lipinski definition) is 3. The van der Waals surface area contributed by atoms with E-state index in [1.807, 2.05) is 0 Å². The molecule has 1 aromatic carbocycles. The van der Waals surface area contributed by atoms with Crippen molar-refractivity contribution in [1.29, 1.82) is 4.78 Å². The average Bonchev–Trinajstić information content (AvgIpc) is 2.40. The highest BCUT2D eigenvalue weighted by Crippen LogP contribution is 2.31. The Hall–Kier alpha value is -0.710. The lowest BCUT2D eigenvalue weighted by atomic mass is 9.91. The molecule has 2 rings (SSSR count). The molecule has 3 nitrogen and oxygen atoms in total. The third-order valence-corrected chi connectivity index (χ3v) is 5.34. The first kappa shape index (κ1) is 14.7. The Balaban J connectivity index is 2.42. The molecular formula is C15H25N3S. The molecule has 0 aliphatic carbocycles. The zero-order chi connectivity index (χ0) is 14.0. The van der Waals surface area contributed by atoms with Gasteiger partial charge in [-0.2, -0.15) is 0 Å². The SMILES string of the molecule is CC(C)c1ccc(CN)cc1C1CS(=N)CCN1C. The van der Waals surface area contributed by atoms with E-state index >= 15 is 0 Å². The molecule has 106 valence electrons.